The molecule has 1 aromatic heterocycles. The van der Waals surface area contributed by atoms with Crippen molar-refractivity contribution in [2.45, 2.75) is 13.8 Å². The van der Waals surface area contributed by atoms with Crippen molar-refractivity contribution < 1.29 is 5.11 Å². The molecule has 0 radical (unpaired) electrons. The number of hydrogen-bond donors (Lipinski definition) is 4. The van der Waals surface area contributed by atoms with Gasteiger partial charge in [0.2, 0.25) is 0 Å². The van der Waals surface area contributed by atoms with Crippen LogP contribution in [-0.4, -0.2) is 28.2 Å². The maximum atomic E-state index is 11.1. The number of fused-ring (bicyclic) bond motifs is 1. The smallest absolute Gasteiger partial charge is 0.323 e. The summed E-state index contributed by atoms with van der Waals surface area (Å²) in [7, 11) is 0. The average molecular weight is 235 g/mol. The third kappa shape index (κ3) is 2.68. The van der Waals surface area contributed by atoms with E-state index in [1.165, 1.54) is 0 Å². The molecule has 0 saturated carbocycles. The fourth-order valence-corrected chi connectivity index (χ4v) is 1.54. The van der Waals surface area contributed by atoms with Crippen LogP contribution in [0.5, 0.6) is 0 Å². The van der Waals surface area contributed by atoms with Gasteiger partial charge in [0.15, 0.2) is 0 Å². The standard InChI is InChI=1S/C12H17N3O2/c1-12(2,7-16)6-13-8-3-4-9-10(5-8)15-11(17)14-9/h3-5,13,16H,6-7H2,1-2H3,(H2,14,15,17). The van der Waals surface area contributed by atoms with Crippen molar-refractivity contribution in [2.75, 3.05) is 18.5 Å². The molecule has 2 aromatic rings. The minimum absolute atomic E-state index is 0.128. The van der Waals surface area contributed by atoms with Crippen LogP contribution in [0.4, 0.5) is 5.69 Å². The highest BCUT2D eigenvalue weighted by Gasteiger charge is 2.15. The first kappa shape index (κ1) is 11.7. The molecule has 0 aliphatic rings. The number of anilines is 1. The molecule has 5 heteroatoms. The maximum absolute atomic E-state index is 11.1. The molecular formula is C12H17N3O2. The Balaban J connectivity index is 2.17. The van der Waals surface area contributed by atoms with Gasteiger partial charge in [-0.05, 0) is 18.2 Å². The molecule has 0 saturated heterocycles. The normalized spacial score (nSPS) is 11.9. The summed E-state index contributed by atoms with van der Waals surface area (Å²) in [5.74, 6) is 0. The number of nitrogens with one attached hydrogen (secondary N) is 3. The Kier molecular flexibility index (Phi) is 2.93. The number of aromatic amines is 2. The fourth-order valence-electron chi connectivity index (χ4n) is 1.54. The number of H-pyrrole nitrogens is 2. The molecule has 4 N–H and O–H groups in total. The van der Waals surface area contributed by atoms with E-state index in [9.17, 15) is 4.79 Å². The van der Waals surface area contributed by atoms with E-state index < -0.39 is 0 Å². The van der Waals surface area contributed by atoms with Crippen LogP contribution in [0.15, 0.2) is 23.0 Å². The van der Waals surface area contributed by atoms with Gasteiger partial charge in [0.05, 0.1) is 11.0 Å². The fraction of sp³-hybridized carbons (Fsp3) is 0.417. The lowest BCUT2D eigenvalue weighted by Crippen LogP contribution is -2.26. The van der Waals surface area contributed by atoms with Crippen molar-refractivity contribution in [3.63, 3.8) is 0 Å². The van der Waals surface area contributed by atoms with Gasteiger partial charge in [-0.25, -0.2) is 4.79 Å². The first-order valence-electron chi connectivity index (χ1n) is 5.57. The van der Waals surface area contributed by atoms with Crippen LogP contribution in [0, 0.1) is 5.41 Å². The number of aliphatic hydroxyl groups is 1. The van der Waals surface area contributed by atoms with Gasteiger partial charge in [-0.15, -0.1) is 0 Å². The van der Waals surface area contributed by atoms with Crippen LogP contribution >= 0.6 is 0 Å². The van der Waals surface area contributed by atoms with Gasteiger partial charge in [0, 0.05) is 24.3 Å². The summed E-state index contributed by atoms with van der Waals surface area (Å²) in [4.78, 5) is 16.5. The predicted molar refractivity (Wildman–Crippen MR) is 68.3 cm³/mol. The minimum Gasteiger partial charge on any atom is -0.396 e. The summed E-state index contributed by atoms with van der Waals surface area (Å²) in [5, 5.41) is 12.4. The number of rotatable bonds is 4. The molecule has 0 unspecified atom stereocenters. The van der Waals surface area contributed by atoms with E-state index >= 15 is 0 Å². The molecule has 92 valence electrons. The lowest BCUT2D eigenvalue weighted by Gasteiger charge is -2.22. The minimum atomic E-state index is -0.201. The van der Waals surface area contributed by atoms with Crippen LogP contribution in [0.25, 0.3) is 11.0 Å². The Labute approximate surface area is 98.9 Å². The lowest BCUT2D eigenvalue weighted by atomic mass is 9.95. The third-order valence-electron chi connectivity index (χ3n) is 2.72. The van der Waals surface area contributed by atoms with Crippen LogP contribution in [0.3, 0.4) is 0 Å². The van der Waals surface area contributed by atoms with Gasteiger partial charge in [-0.3, -0.25) is 0 Å². The molecule has 1 aromatic carbocycles. The summed E-state index contributed by atoms with van der Waals surface area (Å²) in [6, 6.07) is 5.63. The van der Waals surface area contributed by atoms with Crippen LogP contribution in [0.1, 0.15) is 13.8 Å². The number of hydrogen-bond acceptors (Lipinski definition) is 3. The monoisotopic (exact) mass is 235 g/mol. The van der Waals surface area contributed by atoms with Gasteiger partial charge in [0.1, 0.15) is 0 Å². The average Bonchev–Trinajstić information content (AvgIpc) is 2.66. The zero-order valence-electron chi connectivity index (χ0n) is 10.0. The zero-order chi connectivity index (χ0) is 12.5. The molecule has 0 atom stereocenters. The summed E-state index contributed by atoms with van der Waals surface area (Å²) < 4.78 is 0. The third-order valence-corrected chi connectivity index (χ3v) is 2.72. The van der Waals surface area contributed by atoms with E-state index in [0.29, 0.717) is 6.54 Å². The van der Waals surface area contributed by atoms with Gasteiger partial charge < -0.3 is 20.4 Å². The highest BCUT2D eigenvalue weighted by molar-refractivity contribution is 5.78. The van der Waals surface area contributed by atoms with E-state index in [1.54, 1.807) is 0 Å². The van der Waals surface area contributed by atoms with Gasteiger partial charge in [-0.1, -0.05) is 13.8 Å². The Bertz CT molecular complexity index is 568. The van der Waals surface area contributed by atoms with Crippen molar-refractivity contribution in [2.24, 2.45) is 5.41 Å². The van der Waals surface area contributed by atoms with Crippen molar-refractivity contribution in [3.8, 4) is 0 Å². The van der Waals surface area contributed by atoms with Crippen molar-refractivity contribution in [1.29, 1.82) is 0 Å². The van der Waals surface area contributed by atoms with Gasteiger partial charge in [0.25, 0.3) is 0 Å². The summed E-state index contributed by atoms with van der Waals surface area (Å²) in [6.45, 7) is 4.76. The second kappa shape index (κ2) is 4.25. The Morgan fingerprint density at radius 2 is 2.00 bits per heavy atom. The van der Waals surface area contributed by atoms with Crippen LogP contribution in [0.2, 0.25) is 0 Å². The molecule has 1 heterocycles. The number of benzene rings is 1. The second-order valence-electron chi connectivity index (χ2n) is 5.02. The molecule has 2 rings (SSSR count). The summed E-state index contributed by atoms with van der Waals surface area (Å²) in [5.41, 5.74) is 2.13. The Morgan fingerprint density at radius 1 is 1.29 bits per heavy atom. The molecule has 0 aliphatic heterocycles. The van der Waals surface area contributed by atoms with Gasteiger partial charge in [-0.2, -0.15) is 0 Å². The molecule has 0 aliphatic carbocycles. The topological polar surface area (TPSA) is 80.9 Å². The highest BCUT2D eigenvalue weighted by Crippen LogP contribution is 2.18. The highest BCUT2D eigenvalue weighted by atomic mass is 16.3. The van der Waals surface area contributed by atoms with E-state index in [0.717, 1.165) is 16.7 Å². The quantitative estimate of drug-likeness (QED) is 0.644. The van der Waals surface area contributed by atoms with Crippen LogP contribution < -0.4 is 11.0 Å². The first-order chi connectivity index (χ1) is 8.00. The molecule has 5 nitrogen and oxygen atoms in total. The van der Waals surface area contributed by atoms with E-state index in [2.05, 4.69) is 15.3 Å². The number of aromatic nitrogens is 2. The Morgan fingerprint density at radius 3 is 2.71 bits per heavy atom. The SMILES string of the molecule is CC(C)(CO)CNc1ccc2[nH]c(=O)[nH]c2c1. The molecule has 0 fully saturated rings. The number of aliphatic hydroxyl groups excluding tert-OH is 1. The van der Waals surface area contributed by atoms with Crippen LogP contribution in [-0.2, 0) is 0 Å². The second-order valence-corrected chi connectivity index (χ2v) is 5.02. The first-order valence-corrected chi connectivity index (χ1v) is 5.57. The lowest BCUT2D eigenvalue weighted by molar-refractivity contribution is 0.171. The Hall–Kier alpha value is -1.75. The molecule has 0 amide bonds. The molecule has 0 bridgehead atoms. The summed E-state index contributed by atoms with van der Waals surface area (Å²) in [6.07, 6.45) is 0. The summed E-state index contributed by atoms with van der Waals surface area (Å²) >= 11 is 0. The largest absolute Gasteiger partial charge is 0.396 e. The molecule has 0 spiro atoms. The van der Waals surface area contributed by atoms with Crippen molar-refractivity contribution in [3.05, 3.63) is 28.7 Å². The zero-order valence-corrected chi connectivity index (χ0v) is 10.0. The van der Waals surface area contributed by atoms with Crippen molar-refractivity contribution in [1.82, 2.24) is 9.97 Å². The van der Waals surface area contributed by atoms with Gasteiger partial charge >= 0.3 is 5.69 Å². The predicted octanol–water partition coefficient (Wildman–Crippen LogP) is 1.29. The van der Waals surface area contributed by atoms with E-state index in [1.807, 2.05) is 32.0 Å². The molecular weight excluding hydrogens is 218 g/mol. The van der Waals surface area contributed by atoms with E-state index in [-0.39, 0.29) is 17.7 Å². The molecule has 17 heavy (non-hydrogen) atoms. The van der Waals surface area contributed by atoms with E-state index in [4.69, 9.17) is 5.11 Å². The maximum Gasteiger partial charge on any atom is 0.323 e. The number of imidazole rings is 1. The van der Waals surface area contributed by atoms with Crippen molar-refractivity contribution >= 4 is 16.7 Å².